The molecular weight excluding hydrogens is 244 g/mol. The van der Waals surface area contributed by atoms with Gasteiger partial charge >= 0.3 is 5.97 Å². The second kappa shape index (κ2) is 5.86. The lowest BCUT2D eigenvalue weighted by Crippen LogP contribution is -2.38. The van der Waals surface area contributed by atoms with E-state index < -0.39 is 5.97 Å². The Labute approximate surface area is 113 Å². The average molecular weight is 266 g/mol. The van der Waals surface area contributed by atoms with Crippen LogP contribution >= 0.6 is 0 Å². The highest BCUT2D eigenvalue weighted by Gasteiger charge is 2.19. The average Bonchev–Trinajstić information content (AvgIpc) is 2.25. The highest BCUT2D eigenvalue weighted by molar-refractivity contribution is 5.67. The Morgan fingerprint density at radius 3 is 2.58 bits per heavy atom. The summed E-state index contributed by atoms with van der Waals surface area (Å²) in [5.41, 5.74) is -0.0425. The number of rotatable bonds is 5. The van der Waals surface area contributed by atoms with E-state index in [9.17, 15) is 4.79 Å². The van der Waals surface area contributed by atoms with Crippen LogP contribution in [0.25, 0.3) is 0 Å². The number of nitrogens with one attached hydrogen (secondary N) is 1. The minimum Gasteiger partial charge on any atom is -0.481 e. The molecule has 2 N–H and O–H groups in total. The summed E-state index contributed by atoms with van der Waals surface area (Å²) in [7, 11) is 1.98. The number of carbonyl (C=O) groups is 1. The first kappa shape index (κ1) is 15.2. The van der Waals surface area contributed by atoms with Crippen molar-refractivity contribution in [2.45, 2.75) is 39.7 Å². The largest absolute Gasteiger partial charge is 0.481 e. The summed E-state index contributed by atoms with van der Waals surface area (Å²) < 4.78 is 0. The molecule has 0 bridgehead atoms. The zero-order valence-electron chi connectivity index (χ0n) is 12.2. The van der Waals surface area contributed by atoms with E-state index in [1.165, 1.54) is 0 Å². The number of hydrogen-bond acceptors (Lipinski definition) is 5. The van der Waals surface area contributed by atoms with E-state index in [1.807, 2.05) is 20.0 Å². The second-order valence-corrected chi connectivity index (χ2v) is 5.46. The Morgan fingerprint density at radius 2 is 2.05 bits per heavy atom. The molecular formula is C13H22N4O2. The zero-order chi connectivity index (χ0) is 14.6. The van der Waals surface area contributed by atoms with Crippen LogP contribution in [0.4, 0.5) is 11.6 Å². The number of aromatic nitrogens is 2. The van der Waals surface area contributed by atoms with Crippen LogP contribution in [-0.4, -0.2) is 40.2 Å². The summed E-state index contributed by atoms with van der Waals surface area (Å²) in [6.45, 7) is 8.47. The van der Waals surface area contributed by atoms with Crippen molar-refractivity contribution in [1.82, 2.24) is 9.97 Å². The van der Waals surface area contributed by atoms with Crippen LogP contribution in [0.15, 0.2) is 6.07 Å². The van der Waals surface area contributed by atoms with Gasteiger partial charge in [-0.2, -0.15) is 0 Å². The van der Waals surface area contributed by atoms with Gasteiger partial charge in [-0.1, -0.05) is 0 Å². The molecule has 0 atom stereocenters. The van der Waals surface area contributed by atoms with Crippen LogP contribution in [0, 0.1) is 6.92 Å². The van der Waals surface area contributed by atoms with Gasteiger partial charge in [-0.25, -0.2) is 9.97 Å². The van der Waals surface area contributed by atoms with Gasteiger partial charge in [0.25, 0.3) is 0 Å². The lowest BCUT2D eigenvalue weighted by atomic mass is 10.1. The minimum atomic E-state index is -0.828. The van der Waals surface area contributed by atoms with Gasteiger partial charge in [0.05, 0.1) is 6.42 Å². The van der Waals surface area contributed by atoms with Gasteiger partial charge in [0.2, 0.25) is 0 Å². The van der Waals surface area contributed by atoms with E-state index in [-0.39, 0.29) is 12.0 Å². The lowest BCUT2D eigenvalue weighted by Gasteiger charge is -2.33. The second-order valence-electron chi connectivity index (χ2n) is 5.46. The monoisotopic (exact) mass is 266 g/mol. The summed E-state index contributed by atoms with van der Waals surface area (Å²) in [5.74, 6) is 1.30. The lowest BCUT2D eigenvalue weighted by molar-refractivity contribution is -0.136. The van der Waals surface area contributed by atoms with Gasteiger partial charge in [0.15, 0.2) is 0 Å². The molecule has 0 fully saturated rings. The van der Waals surface area contributed by atoms with Crippen molar-refractivity contribution >= 4 is 17.6 Å². The molecule has 1 rings (SSSR count). The Bertz CT molecular complexity index is 454. The van der Waals surface area contributed by atoms with Gasteiger partial charge in [0.1, 0.15) is 17.5 Å². The molecule has 6 heteroatoms. The quantitative estimate of drug-likeness (QED) is 0.847. The predicted molar refractivity (Wildman–Crippen MR) is 75.7 cm³/mol. The summed E-state index contributed by atoms with van der Waals surface area (Å²) in [6, 6.07) is 1.83. The topological polar surface area (TPSA) is 78.3 Å². The molecule has 0 radical (unpaired) electrons. The standard InChI is InChI=1S/C13H22N4O2/c1-9-15-10(14-7-6-12(18)19)8-11(16-9)17(5)13(2,3)4/h8H,6-7H2,1-5H3,(H,18,19)(H,14,15,16). The molecule has 0 aliphatic carbocycles. The van der Waals surface area contributed by atoms with E-state index >= 15 is 0 Å². The van der Waals surface area contributed by atoms with Crippen molar-refractivity contribution in [2.75, 3.05) is 23.8 Å². The predicted octanol–water partition coefficient (Wildman–Crippen LogP) is 1.91. The molecule has 0 saturated heterocycles. The molecule has 106 valence electrons. The Kier molecular flexibility index (Phi) is 4.69. The van der Waals surface area contributed by atoms with E-state index in [1.54, 1.807) is 0 Å². The zero-order valence-corrected chi connectivity index (χ0v) is 12.2. The summed E-state index contributed by atoms with van der Waals surface area (Å²) in [4.78, 5) is 21.2. The molecule has 0 aromatic carbocycles. The highest BCUT2D eigenvalue weighted by Crippen LogP contribution is 2.21. The molecule has 1 heterocycles. The first-order chi connectivity index (χ1) is 8.70. The molecule has 0 unspecified atom stereocenters. The Balaban J connectivity index is 2.85. The SMILES string of the molecule is Cc1nc(NCCC(=O)O)cc(N(C)C(C)(C)C)n1. The molecule has 0 aliphatic heterocycles. The van der Waals surface area contributed by atoms with Crippen LogP contribution in [-0.2, 0) is 4.79 Å². The van der Waals surface area contributed by atoms with Gasteiger partial charge < -0.3 is 15.3 Å². The maximum absolute atomic E-state index is 10.5. The number of aliphatic carboxylic acids is 1. The normalized spacial score (nSPS) is 11.2. The van der Waals surface area contributed by atoms with E-state index in [0.717, 1.165) is 5.82 Å². The molecule has 0 saturated carbocycles. The third kappa shape index (κ3) is 4.73. The van der Waals surface area contributed by atoms with Gasteiger partial charge in [-0.05, 0) is 27.7 Å². The number of carboxylic acid groups (broad SMARTS) is 1. The summed E-state index contributed by atoms with van der Waals surface area (Å²) >= 11 is 0. The Hall–Kier alpha value is -1.85. The maximum Gasteiger partial charge on any atom is 0.305 e. The summed E-state index contributed by atoms with van der Waals surface area (Å²) in [6.07, 6.45) is 0.0630. The van der Waals surface area contributed by atoms with E-state index in [0.29, 0.717) is 18.2 Å². The first-order valence-corrected chi connectivity index (χ1v) is 6.25. The molecule has 6 nitrogen and oxygen atoms in total. The number of aryl methyl sites for hydroxylation is 1. The molecule has 1 aromatic rings. The van der Waals surface area contributed by atoms with Gasteiger partial charge in [0, 0.05) is 25.2 Å². The van der Waals surface area contributed by atoms with Crippen LogP contribution in [0.3, 0.4) is 0 Å². The van der Waals surface area contributed by atoms with Crippen LogP contribution in [0.2, 0.25) is 0 Å². The third-order valence-electron chi connectivity index (χ3n) is 2.82. The van der Waals surface area contributed by atoms with Crippen LogP contribution in [0.1, 0.15) is 33.0 Å². The summed E-state index contributed by atoms with van der Waals surface area (Å²) in [5, 5.41) is 11.6. The van der Waals surface area contributed by atoms with Crippen molar-refractivity contribution in [1.29, 1.82) is 0 Å². The first-order valence-electron chi connectivity index (χ1n) is 6.25. The highest BCUT2D eigenvalue weighted by atomic mass is 16.4. The fourth-order valence-electron chi connectivity index (χ4n) is 1.46. The van der Waals surface area contributed by atoms with Gasteiger partial charge in [-0.15, -0.1) is 0 Å². The Morgan fingerprint density at radius 1 is 1.42 bits per heavy atom. The van der Waals surface area contributed by atoms with Crippen molar-refractivity contribution in [3.05, 3.63) is 11.9 Å². The fraction of sp³-hybridized carbons (Fsp3) is 0.615. The maximum atomic E-state index is 10.5. The number of nitrogens with zero attached hydrogens (tertiary/aromatic N) is 3. The third-order valence-corrected chi connectivity index (χ3v) is 2.82. The number of hydrogen-bond donors (Lipinski definition) is 2. The van der Waals surface area contributed by atoms with E-state index in [4.69, 9.17) is 5.11 Å². The molecule has 0 amide bonds. The van der Waals surface area contributed by atoms with Crippen LogP contribution < -0.4 is 10.2 Å². The van der Waals surface area contributed by atoms with E-state index in [2.05, 4.69) is 41.0 Å². The number of carboxylic acids is 1. The van der Waals surface area contributed by atoms with Crippen molar-refractivity contribution in [2.24, 2.45) is 0 Å². The van der Waals surface area contributed by atoms with Crippen molar-refractivity contribution in [3.63, 3.8) is 0 Å². The molecule has 0 aliphatic rings. The molecule has 1 aromatic heterocycles. The number of anilines is 2. The van der Waals surface area contributed by atoms with Crippen molar-refractivity contribution in [3.8, 4) is 0 Å². The smallest absolute Gasteiger partial charge is 0.305 e. The minimum absolute atomic E-state index is 0.0425. The molecule has 19 heavy (non-hydrogen) atoms. The fourth-order valence-corrected chi connectivity index (χ4v) is 1.46. The van der Waals surface area contributed by atoms with Crippen LogP contribution in [0.5, 0.6) is 0 Å². The van der Waals surface area contributed by atoms with Gasteiger partial charge in [-0.3, -0.25) is 4.79 Å². The van der Waals surface area contributed by atoms with Crippen molar-refractivity contribution < 1.29 is 9.90 Å². The molecule has 0 spiro atoms.